The van der Waals surface area contributed by atoms with Crippen LogP contribution in [-0.4, -0.2) is 41.7 Å². The van der Waals surface area contributed by atoms with Crippen molar-refractivity contribution in [2.24, 2.45) is 0 Å². The molecule has 0 bridgehead atoms. The summed E-state index contributed by atoms with van der Waals surface area (Å²) in [4.78, 5) is 28.9. The Labute approximate surface area is 190 Å². The Hall–Kier alpha value is -2.47. The molecule has 2 amide bonds. The largest absolute Gasteiger partial charge is 0.497 e. The highest BCUT2D eigenvalue weighted by Crippen LogP contribution is 2.21. The minimum atomic E-state index is -0.499. The van der Waals surface area contributed by atoms with Gasteiger partial charge in [0.25, 0.3) is 0 Å². The third-order valence-electron chi connectivity index (χ3n) is 4.93. The maximum atomic E-state index is 13.2. The van der Waals surface area contributed by atoms with Crippen molar-refractivity contribution < 1.29 is 14.3 Å². The normalized spacial score (nSPS) is 11.8. The molecule has 0 aliphatic rings. The molecule has 0 saturated carbocycles. The van der Waals surface area contributed by atoms with E-state index in [9.17, 15) is 9.59 Å². The number of hydrogen-bond acceptors (Lipinski definition) is 4. The molecular formula is C25H34N2O3S. The lowest BCUT2D eigenvalue weighted by atomic mass is 10.1. The zero-order chi connectivity index (χ0) is 22.8. The fourth-order valence-corrected chi connectivity index (χ4v) is 4.10. The van der Waals surface area contributed by atoms with Gasteiger partial charge in [0.2, 0.25) is 11.8 Å². The van der Waals surface area contributed by atoms with Gasteiger partial charge in [-0.1, -0.05) is 36.8 Å². The summed E-state index contributed by atoms with van der Waals surface area (Å²) in [7, 11) is 1.62. The first-order chi connectivity index (χ1) is 14.8. The smallest absolute Gasteiger partial charge is 0.243 e. The SMILES string of the molecule is CC[C@H](C(=O)NC(C)C)N(Cc1ccc(OC)cc1)C(=O)CCSc1ccc(C)cc1. The number of aryl methyl sites for hydroxylation is 1. The molecule has 2 rings (SSSR count). The molecule has 168 valence electrons. The molecule has 0 aliphatic carbocycles. The van der Waals surface area contributed by atoms with Crippen LogP contribution in [0.15, 0.2) is 53.4 Å². The van der Waals surface area contributed by atoms with Crippen LogP contribution < -0.4 is 10.1 Å². The lowest BCUT2D eigenvalue weighted by Gasteiger charge is -2.31. The van der Waals surface area contributed by atoms with E-state index in [0.717, 1.165) is 16.2 Å². The highest BCUT2D eigenvalue weighted by atomic mass is 32.2. The molecule has 2 aromatic rings. The van der Waals surface area contributed by atoms with Gasteiger partial charge in [-0.25, -0.2) is 0 Å². The third-order valence-corrected chi connectivity index (χ3v) is 5.95. The second-order valence-electron chi connectivity index (χ2n) is 7.87. The molecule has 0 fully saturated rings. The Morgan fingerprint density at radius 2 is 1.71 bits per heavy atom. The van der Waals surface area contributed by atoms with Crippen LogP contribution in [-0.2, 0) is 16.1 Å². The standard InChI is InChI=1S/C25H34N2O3S/c1-6-23(25(29)26-18(2)3)27(17-20-9-11-21(30-5)12-10-20)24(28)15-16-31-22-13-7-19(4)8-14-22/h7-14,18,23H,6,15-17H2,1-5H3,(H,26,29)/t23-/m1/s1. The summed E-state index contributed by atoms with van der Waals surface area (Å²) >= 11 is 1.66. The van der Waals surface area contributed by atoms with Gasteiger partial charge in [-0.2, -0.15) is 0 Å². The fraction of sp³-hybridized carbons (Fsp3) is 0.440. The van der Waals surface area contributed by atoms with Gasteiger partial charge >= 0.3 is 0 Å². The van der Waals surface area contributed by atoms with E-state index in [1.165, 1.54) is 5.56 Å². The minimum Gasteiger partial charge on any atom is -0.497 e. The monoisotopic (exact) mass is 442 g/mol. The summed E-state index contributed by atoms with van der Waals surface area (Å²) in [6.07, 6.45) is 0.936. The van der Waals surface area contributed by atoms with Crippen LogP contribution in [0, 0.1) is 6.92 Å². The average Bonchev–Trinajstić information content (AvgIpc) is 2.74. The van der Waals surface area contributed by atoms with Gasteiger partial charge in [0.05, 0.1) is 7.11 Å². The summed E-state index contributed by atoms with van der Waals surface area (Å²) < 4.78 is 5.23. The van der Waals surface area contributed by atoms with Gasteiger partial charge in [-0.05, 0) is 57.0 Å². The van der Waals surface area contributed by atoms with E-state index in [2.05, 4.69) is 36.5 Å². The number of nitrogens with zero attached hydrogens (tertiary/aromatic N) is 1. The summed E-state index contributed by atoms with van der Waals surface area (Å²) in [5, 5.41) is 2.96. The summed E-state index contributed by atoms with van der Waals surface area (Å²) in [5.74, 6) is 1.32. The van der Waals surface area contributed by atoms with E-state index in [1.807, 2.05) is 45.0 Å². The highest BCUT2D eigenvalue weighted by Gasteiger charge is 2.28. The first kappa shape index (κ1) is 24.8. The third kappa shape index (κ3) is 7.94. The first-order valence-corrected chi connectivity index (χ1v) is 11.7. The van der Waals surface area contributed by atoms with Crippen molar-refractivity contribution in [3.63, 3.8) is 0 Å². The Kier molecular flexibility index (Phi) is 9.92. The minimum absolute atomic E-state index is 0.0128. The van der Waals surface area contributed by atoms with E-state index in [1.54, 1.807) is 23.8 Å². The molecule has 0 heterocycles. The lowest BCUT2D eigenvalue weighted by molar-refractivity contribution is -0.141. The molecule has 0 aromatic heterocycles. The van der Waals surface area contributed by atoms with Crippen molar-refractivity contribution in [1.29, 1.82) is 0 Å². The van der Waals surface area contributed by atoms with E-state index in [0.29, 0.717) is 25.1 Å². The number of amides is 2. The molecule has 0 saturated heterocycles. The van der Waals surface area contributed by atoms with Crippen LogP contribution in [0.2, 0.25) is 0 Å². The molecule has 0 spiro atoms. The van der Waals surface area contributed by atoms with Crippen LogP contribution in [0.4, 0.5) is 0 Å². The van der Waals surface area contributed by atoms with Crippen LogP contribution in [0.25, 0.3) is 0 Å². The van der Waals surface area contributed by atoms with Crippen molar-refractivity contribution in [1.82, 2.24) is 10.2 Å². The van der Waals surface area contributed by atoms with Gasteiger partial charge in [0.15, 0.2) is 0 Å². The van der Waals surface area contributed by atoms with Crippen LogP contribution in [0.5, 0.6) is 5.75 Å². The number of hydrogen-bond donors (Lipinski definition) is 1. The summed E-state index contributed by atoms with van der Waals surface area (Å²) in [6, 6.07) is 15.4. The van der Waals surface area contributed by atoms with Crippen molar-refractivity contribution in [2.75, 3.05) is 12.9 Å². The molecule has 1 N–H and O–H groups in total. The van der Waals surface area contributed by atoms with Crippen LogP contribution in [0.1, 0.15) is 44.7 Å². The lowest BCUT2D eigenvalue weighted by Crippen LogP contribution is -2.50. The number of thioether (sulfide) groups is 1. The number of carbonyl (C=O) groups is 2. The van der Waals surface area contributed by atoms with Crippen molar-refractivity contribution in [3.8, 4) is 5.75 Å². The van der Waals surface area contributed by atoms with E-state index in [-0.39, 0.29) is 17.9 Å². The van der Waals surface area contributed by atoms with Gasteiger partial charge in [-0.3, -0.25) is 9.59 Å². The van der Waals surface area contributed by atoms with E-state index in [4.69, 9.17) is 4.74 Å². The maximum Gasteiger partial charge on any atom is 0.243 e. The predicted octanol–water partition coefficient (Wildman–Crippen LogP) is 4.82. The van der Waals surface area contributed by atoms with Crippen LogP contribution in [0.3, 0.4) is 0 Å². The molecular weight excluding hydrogens is 408 g/mol. The second kappa shape index (κ2) is 12.4. The second-order valence-corrected chi connectivity index (χ2v) is 9.04. The zero-order valence-electron chi connectivity index (χ0n) is 19.2. The number of benzene rings is 2. The maximum absolute atomic E-state index is 13.2. The highest BCUT2D eigenvalue weighted by molar-refractivity contribution is 7.99. The first-order valence-electron chi connectivity index (χ1n) is 10.8. The Bertz CT molecular complexity index is 835. The summed E-state index contributed by atoms with van der Waals surface area (Å²) in [6.45, 7) is 8.25. The number of methoxy groups -OCH3 is 1. The van der Waals surface area contributed by atoms with Gasteiger partial charge < -0.3 is 15.0 Å². The van der Waals surface area contributed by atoms with Crippen molar-refractivity contribution in [3.05, 3.63) is 59.7 Å². The zero-order valence-corrected chi connectivity index (χ0v) is 20.0. The van der Waals surface area contributed by atoms with E-state index < -0.39 is 6.04 Å². The van der Waals surface area contributed by atoms with Gasteiger partial charge in [0.1, 0.15) is 11.8 Å². The quantitative estimate of drug-likeness (QED) is 0.507. The Morgan fingerprint density at radius 3 is 2.26 bits per heavy atom. The molecule has 0 unspecified atom stereocenters. The summed E-state index contributed by atoms with van der Waals surface area (Å²) in [5.41, 5.74) is 2.18. The number of rotatable bonds is 11. The van der Waals surface area contributed by atoms with E-state index >= 15 is 0 Å². The Balaban J connectivity index is 2.12. The van der Waals surface area contributed by atoms with Crippen molar-refractivity contribution in [2.45, 2.75) is 64.1 Å². The number of ether oxygens (including phenoxy) is 1. The molecule has 31 heavy (non-hydrogen) atoms. The molecule has 0 aliphatic heterocycles. The topological polar surface area (TPSA) is 58.6 Å². The van der Waals surface area contributed by atoms with Crippen molar-refractivity contribution >= 4 is 23.6 Å². The number of nitrogens with one attached hydrogen (secondary N) is 1. The molecule has 1 atom stereocenters. The average molecular weight is 443 g/mol. The predicted molar refractivity (Wildman–Crippen MR) is 127 cm³/mol. The molecule has 2 aromatic carbocycles. The van der Waals surface area contributed by atoms with Gasteiger partial charge in [-0.15, -0.1) is 11.8 Å². The molecule has 5 nitrogen and oxygen atoms in total. The number of carbonyl (C=O) groups excluding carboxylic acids is 2. The van der Waals surface area contributed by atoms with Crippen LogP contribution >= 0.6 is 11.8 Å². The molecule has 6 heteroatoms. The fourth-order valence-electron chi connectivity index (χ4n) is 3.26. The Morgan fingerprint density at radius 1 is 1.06 bits per heavy atom. The van der Waals surface area contributed by atoms with Gasteiger partial charge in [0, 0.05) is 29.7 Å². The molecule has 0 radical (unpaired) electrons.